The number of nitrogens with zero attached hydrogens (tertiary/aromatic N) is 1. The highest BCUT2D eigenvalue weighted by Gasteiger charge is 2.46. The van der Waals surface area contributed by atoms with E-state index in [1.54, 1.807) is 0 Å². The van der Waals surface area contributed by atoms with E-state index >= 15 is 0 Å². The number of Topliss-reactive ketones (excluding diaryl/α,β-unsaturated/α-hetero) is 1. The van der Waals surface area contributed by atoms with Gasteiger partial charge in [-0.15, -0.1) is 0 Å². The first-order chi connectivity index (χ1) is 10.00. The number of carbonyl (C=O) groups excluding carboxylic acids is 1. The van der Waals surface area contributed by atoms with Crippen LogP contribution in [0.1, 0.15) is 51.2 Å². The van der Waals surface area contributed by atoms with Crippen LogP contribution in [-0.2, 0) is 11.2 Å². The number of aryl methyl sites for hydroxylation is 1. The lowest BCUT2D eigenvalue weighted by molar-refractivity contribution is -0.126. The summed E-state index contributed by atoms with van der Waals surface area (Å²) in [5.74, 6) is 0.271. The van der Waals surface area contributed by atoms with E-state index in [4.69, 9.17) is 0 Å². The van der Waals surface area contributed by atoms with Crippen molar-refractivity contribution in [3.05, 3.63) is 35.4 Å². The molecule has 0 radical (unpaired) electrons. The monoisotopic (exact) mass is 284 g/mol. The number of hydrogen-bond donors (Lipinski definition) is 1. The van der Waals surface area contributed by atoms with Crippen molar-refractivity contribution in [2.24, 2.45) is 16.4 Å². The quantitative estimate of drug-likeness (QED) is 0.925. The molecule has 0 saturated heterocycles. The Morgan fingerprint density at radius 1 is 1.29 bits per heavy atom. The molecular weight excluding hydrogens is 260 g/mol. The molecule has 3 nitrogen and oxygen atoms in total. The van der Waals surface area contributed by atoms with Gasteiger partial charge in [0, 0.05) is 6.42 Å². The van der Waals surface area contributed by atoms with Gasteiger partial charge in [-0.2, -0.15) is 5.10 Å². The molecule has 1 aromatic carbocycles. The Balaban J connectivity index is 1.82. The summed E-state index contributed by atoms with van der Waals surface area (Å²) in [6, 6.07) is 8.71. The highest BCUT2D eigenvalue weighted by atomic mass is 16.1. The first-order valence-corrected chi connectivity index (χ1v) is 7.95. The molecule has 0 unspecified atom stereocenters. The summed E-state index contributed by atoms with van der Waals surface area (Å²) in [5.41, 5.74) is 6.65. The highest BCUT2D eigenvalue weighted by molar-refractivity contribution is 6.15. The summed E-state index contributed by atoms with van der Waals surface area (Å²) in [7, 11) is 0. The molecule has 2 atom stereocenters. The molecule has 21 heavy (non-hydrogen) atoms. The van der Waals surface area contributed by atoms with Gasteiger partial charge in [0.25, 0.3) is 0 Å². The first-order valence-electron chi connectivity index (χ1n) is 7.95. The second kappa shape index (κ2) is 5.28. The van der Waals surface area contributed by atoms with Crippen molar-refractivity contribution in [1.29, 1.82) is 0 Å². The molecule has 3 heteroatoms. The van der Waals surface area contributed by atoms with Crippen molar-refractivity contribution in [1.82, 2.24) is 5.43 Å². The SMILES string of the molecule is CCCc1ccc(C2=NN[C@H]3CC(C)(C)CC(=O)[C@@H]23)cc1. The summed E-state index contributed by atoms with van der Waals surface area (Å²) in [4.78, 5) is 12.5. The lowest BCUT2D eigenvalue weighted by Crippen LogP contribution is -2.45. The summed E-state index contributed by atoms with van der Waals surface area (Å²) in [6.45, 7) is 6.52. The van der Waals surface area contributed by atoms with Crippen molar-refractivity contribution in [3.63, 3.8) is 0 Å². The Morgan fingerprint density at radius 2 is 2.00 bits per heavy atom. The number of hydrogen-bond acceptors (Lipinski definition) is 3. The second-order valence-electron chi connectivity index (χ2n) is 7.17. The zero-order chi connectivity index (χ0) is 15.0. The van der Waals surface area contributed by atoms with Gasteiger partial charge in [-0.3, -0.25) is 4.79 Å². The highest BCUT2D eigenvalue weighted by Crippen LogP contribution is 2.39. The van der Waals surface area contributed by atoms with Crippen LogP contribution >= 0.6 is 0 Å². The van der Waals surface area contributed by atoms with Crippen LogP contribution in [-0.4, -0.2) is 17.5 Å². The number of rotatable bonds is 3. The van der Waals surface area contributed by atoms with E-state index in [0.29, 0.717) is 12.2 Å². The molecule has 1 aromatic rings. The predicted molar refractivity (Wildman–Crippen MR) is 85.4 cm³/mol. The van der Waals surface area contributed by atoms with Gasteiger partial charge in [0.15, 0.2) is 0 Å². The van der Waals surface area contributed by atoms with Crippen molar-refractivity contribution >= 4 is 11.5 Å². The summed E-state index contributed by atoms with van der Waals surface area (Å²) in [5, 5.41) is 4.49. The molecule has 1 saturated carbocycles. The lowest BCUT2D eigenvalue weighted by Gasteiger charge is -2.36. The summed E-state index contributed by atoms with van der Waals surface area (Å²) < 4.78 is 0. The number of hydrazone groups is 1. The Morgan fingerprint density at radius 3 is 2.67 bits per heavy atom. The van der Waals surface area contributed by atoms with Crippen LogP contribution in [0.4, 0.5) is 0 Å². The van der Waals surface area contributed by atoms with Crippen LogP contribution in [0.25, 0.3) is 0 Å². The third-order valence-electron chi connectivity index (χ3n) is 4.61. The maximum absolute atomic E-state index is 12.5. The predicted octanol–water partition coefficient (Wildman–Crippen LogP) is 3.32. The molecule has 0 spiro atoms. The zero-order valence-corrected chi connectivity index (χ0v) is 13.1. The largest absolute Gasteiger partial charge is 0.306 e. The molecule has 3 rings (SSSR count). The maximum atomic E-state index is 12.5. The zero-order valence-electron chi connectivity index (χ0n) is 13.1. The van der Waals surface area contributed by atoms with Crippen molar-refractivity contribution in [3.8, 4) is 0 Å². The molecule has 1 fully saturated rings. The fourth-order valence-electron chi connectivity index (χ4n) is 3.65. The minimum absolute atomic E-state index is 0.0601. The molecule has 0 aromatic heterocycles. The number of fused-ring (bicyclic) bond motifs is 1. The minimum atomic E-state index is -0.0601. The van der Waals surface area contributed by atoms with E-state index in [1.807, 2.05) is 0 Å². The van der Waals surface area contributed by atoms with Crippen LogP contribution in [0, 0.1) is 11.3 Å². The van der Waals surface area contributed by atoms with E-state index in [2.05, 4.69) is 55.6 Å². The number of carbonyl (C=O) groups is 1. The van der Waals surface area contributed by atoms with E-state index in [1.165, 1.54) is 5.56 Å². The van der Waals surface area contributed by atoms with Crippen LogP contribution in [0.3, 0.4) is 0 Å². The van der Waals surface area contributed by atoms with E-state index in [-0.39, 0.29) is 17.4 Å². The van der Waals surface area contributed by atoms with Gasteiger partial charge in [0.1, 0.15) is 5.78 Å². The number of ketones is 1. The van der Waals surface area contributed by atoms with Crippen LogP contribution in [0.5, 0.6) is 0 Å². The summed E-state index contributed by atoms with van der Waals surface area (Å²) >= 11 is 0. The molecule has 0 amide bonds. The fraction of sp³-hybridized carbons (Fsp3) is 0.556. The van der Waals surface area contributed by atoms with Gasteiger partial charge in [-0.25, -0.2) is 0 Å². The summed E-state index contributed by atoms with van der Waals surface area (Å²) in [6.07, 6.45) is 3.91. The van der Waals surface area contributed by atoms with Gasteiger partial charge in [-0.05, 0) is 29.4 Å². The molecule has 1 aliphatic carbocycles. The molecule has 2 aliphatic rings. The van der Waals surface area contributed by atoms with Crippen LogP contribution < -0.4 is 5.43 Å². The first kappa shape index (κ1) is 14.3. The Bertz CT molecular complexity index is 571. The van der Waals surface area contributed by atoms with Crippen molar-refractivity contribution in [2.45, 2.75) is 52.5 Å². The minimum Gasteiger partial charge on any atom is -0.306 e. The fourth-order valence-corrected chi connectivity index (χ4v) is 3.65. The normalized spacial score (nSPS) is 27.0. The van der Waals surface area contributed by atoms with E-state index in [9.17, 15) is 4.79 Å². The Labute approximate surface area is 126 Å². The van der Waals surface area contributed by atoms with E-state index < -0.39 is 0 Å². The third-order valence-corrected chi connectivity index (χ3v) is 4.61. The van der Waals surface area contributed by atoms with Crippen LogP contribution in [0.15, 0.2) is 29.4 Å². The Kier molecular flexibility index (Phi) is 3.60. The van der Waals surface area contributed by atoms with Crippen molar-refractivity contribution in [2.75, 3.05) is 0 Å². The van der Waals surface area contributed by atoms with Gasteiger partial charge in [0.05, 0.1) is 17.7 Å². The molecule has 1 heterocycles. The van der Waals surface area contributed by atoms with Gasteiger partial charge < -0.3 is 5.43 Å². The molecular formula is C18H24N2O. The molecule has 0 bridgehead atoms. The van der Waals surface area contributed by atoms with E-state index in [0.717, 1.165) is 30.5 Å². The average Bonchev–Trinajstić information content (AvgIpc) is 2.82. The van der Waals surface area contributed by atoms with Gasteiger partial charge in [0.2, 0.25) is 0 Å². The molecule has 1 aliphatic heterocycles. The lowest BCUT2D eigenvalue weighted by atomic mass is 9.68. The number of nitrogens with one attached hydrogen (secondary N) is 1. The maximum Gasteiger partial charge on any atom is 0.144 e. The second-order valence-corrected chi connectivity index (χ2v) is 7.17. The van der Waals surface area contributed by atoms with Crippen molar-refractivity contribution < 1.29 is 4.79 Å². The Hall–Kier alpha value is -1.64. The van der Waals surface area contributed by atoms with Gasteiger partial charge in [-0.1, -0.05) is 51.5 Å². The van der Waals surface area contributed by atoms with Gasteiger partial charge >= 0.3 is 0 Å². The smallest absolute Gasteiger partial charge is 0.144 e. The number of benzene rings is 1. The standard InChI is InChI=1S/C18H24N2O/c1-4-5-12-6-8-13(9-7-12)17-16-14(19-20-17)10-18(2,3)11-15(16)21/h6-9,14,16,19H,4-5,10-11H2,1-3H3/t14-,16-/m0/s1. The third kappa shape index (κ3) is 2.74. The topological polar surface area (TPSA) is 41.5 Å². The molecule has 112 valence electrons. The average molecular weight is 284 g/mol. The molecule has 1 N–H and O–H groups in total. The van der Waals surface area contributed by atoms with Crippen LogP contribution in [0.2, 0.25) is 0 Å².